The molecule has 0 aliphatic carbocycles. The first kappa shape index (κ1) is 11.2. The summed E-state index contributed by atoms with van der Waals surface area (Å²) in [6, 6.07) is 6.97. The van der Waals surface area contributed by atoms with Gasteiger partial charge in [-0.1, -0.05) is 31.5 Å². The van der Waals surface area contributed by atoms with Gasteiger partial charge in [0.05, 0.1) is 12.2 Å². The van der Waals surface area contributed by atoms with E-state index in [1.807, 2.05) is 0 Å². The number of hydrogen-bond donors (Lipinski definition) is 1. The van der Waals surface area contributed by atoms with Crippen LogP contribution in [0.1, 0.15) is 42.9 Å². The highest BCUT2D eigenvalue weighted by Crippen LogP contribution is 2.43. The van der Waals surface area contributed by atoms with E-state index in [-0.39, 0.29) is 5.60 Å². The second kappa shape index (κ2) is 4.43. The molecule has 1 spiro atoms. The van der Waals surface area contributed by atoms with E-state index in [0.29, 0.717) is 0 Å². The summed E-state index contributed by atoms with van der Waals surface area (Å²) in [4.78, 5) is 0. The minimum absolute atomic E-state index is 0.0331. The molecule has 3 rings (SSSR count). The fourth-order valence-electron chi connectivity index (χ4n) is 3.19. The number of piperidine rings is 1. The zero-order valence-corrected chi connectivity index (χ0v) is 10.6. The normalized spacial score (nSPS) is 21.7. The molecule has 0 saturated carbocycles. The lowest BCUT2D eigenvalue weighted by Gasteiger charge is -2.34. The molecule has 0 amide bonds. The molecule has 0 atom stereocenters. The number of benzene rings is 1. The Morgan fingerprint density at radius 1 is 1.29 bits per heavy atom. The van der Waals surface area contributed by atoms with Crippen molar-refractivity contribution >= 4 is 0 Å². The van der Waals surface area contributed by atoms with Crippen LogP contribution in [0.2, 0.25) is 0 Å². The van der Waals surface area contributed by atoms with Crippen LogP contribution in [0.5, 0.6) is 0 Å². The molecule has 0 unspecified atom stereocenters. The maximum Gasteiger partial charge on any atom is 0.0963 e. The lowest BCUT2D eigenvalue weighted by atomic mass is 9.84. The number of nitrogens with one attached hydrogen (secondary N) is 1. The Labute approximate surface area is 103 Å². The van der Waals surface area contributed by atoms with Crippen molar-refractivity contribution in [3.8, 4) is 0 Å². The van der Waals surface area contributed by atoms with Crippen molar-refractivity contribution in [2.45, 2.75) is 44.8 Å². The van der Waals surface area contributed by atoms with E-state index in [2.05, 4.69) is 30.4 Å². The van der Waals surface area contributed by atoms with Crippen LogP contribution >= 0.6 is 0 Å². The van der Waals surface area contributed by atoms with Crippen LogP contribution < -0.4 is 5.32 Å². The number of aryl methyl sites for hydroxylation is 1. The Kier molecular flexibility index (Phi) is 2.93. The topological polar surface area (TPSA) is 21.3 Å². The van der Waals surface area contributed by atoms with Crippen LogP contribution in [-0.4, -0.2) is 13.1 Å². The lowest BCUT2D eigenvalue weighted by Crippen LogP contribution is -2.39. The Balaban J connectivity index is 1.92. The van der Waals surface area contributed by atoms with Crippen LogP contribution in [0.25, 0.3) is 0 Å². The highest BCUT2D eigenvalue weighted by molar-refractivity contribution is 5.39. The molecule has 2 heterocycles. The molecule has 1 saturated heterocycles. The number of fused-ring (bicyclic) bond motifs is 2. The van der Waals surface area contributed by atoms with E-state index in [9.17, 15) is 0 Å². The highest BCUT2D eigenvalue weighted by Gasteiger charge is 2.40. The fraction of sp³-hybridized carbons (Fsp3) is 0.600. The average Bonchev–Trinajstić information content (AvgIpc) is 2.70. The SMILES string of the molecule is CCCc1ccc2c(c1)COC21CCNCC1. The second-order valence-corrected chi connectivity index (χ2v) is 5.27. The Morgan fingerprint density at radius 2 is 2.12 bits per heavy atom. The smallest absolute Gasteiger partial charge is 0.0963 e. The van der Waals surface area contributed by atoms with Crippen LogP contribution in [0.3, 0.4) is 0 Å². The third-order valence-corrected chi connectivity index (χ3v) is 4.11. The van der Waals surface area contributed by atoms with Gasteiger partial charge in [-0.3, -0.25) is 0 Å². The predicted molar refractivity (Wildman–Crippen MR) is 69.0 cm³/mol. The molecule has 0 radical (unpaired) electrons. The molecule has 1 N–H and O–H groups in total. The van der Waals surface area contributed by atoms with Gasteiger partial charge in [0.1, 0.15) is 0 Å². The predicted octanol–water partition coefficient (Wildman–Crippen LogP) is 2.75. The van der Waals surface area contributed by atoms with E-state index in [4.69, 9.17) is 4.74 Å². The third-order valence-electron chi connectivity index (χ3n) is 4.11. The van der Waals surface area contributed by atoms with Crippen molar-refractivity contribution < 1.29 is 4.74 Å². The first-order valence-electron chi connectivity index (χ1n) is 6.81. The zero-order chi connectivity index (χ0) is 11.7. The fourth-order valence-corrected chi connectivity index (χ4v) is 3.19. The van der Waals surface area contributed by atoms with Gasteiger partial charge >= 0.3 is 0 Å². The van der Waals surface area contributed by atoms with E-state index in [1.165, 1.54) is 29.5 Å². The van der Waals surface area contributed by atoms with E-state index < -0.39 is 0 Å². The molecule has 0 aromatic heterocycles. The summed E-state index contributed by atoms with van der Waals surface area (Å²) in [6.07, 6.45) is 4.64. The Hall–Kier alpha value is -0.860. The molecular formula is C15H21NO. The summed E-state index contributed by atoms with van der Waals surface area (Å²) < 4.78 is 6.14. The van der Waals surface area contributed by atoms with Crippen LogP contribution in [-0.2, 0) is 23.4 Å². The van der Waals surface area contributed by atoms with Crippen LogP contribution in [0, 0.1) is 0 Å². The molecule has 1 aromatic rings. The quantitative estimate of drug-likeness (QED) is 0.845. The van der Waals surface area contributed by atoms with Gasteiger partial charge in [0, 0.05) is 0 Å². The van der Waals surface area contributed by atoms with Gasteiger partial charge in [-0.15, -0.1) is 0 Å². The number of ether oxygens (including phenoxy) is 1. The minimum atomic E-state index is 0.0331. The van der Waals surface area contributed by atoms with Gasteiger partial charge < -0.3 is 10.1 Å². The molecular weight excluding hydrogens is 210 g/mol. The molecule has 92 valence electrons. The first-order chi connectivity index (χ1) is 8.34. The number of rotatable bonds is 2. The molecule has 2 aliphatic rings. The molecule has 2 heteroatoms. The average molecular weight is 231 g/mol. The van der Waals surface area contributed by atoms with Crippen LogP contribution in [0.4, 0.5) is 0 Å². The van der Waals surface area contributed by atoms with Crippen molar-refractivity contribution in [3.05, 3.63) is 34.9 Å². The molecule has 0 bridgehead atoms. The Morgan fingerprint density at radius 3 is 2.88 bits per heavy atom. The van der Waals surface area contributed by atoms with E-state index >= 15 is 0 Å². The highest BCUT2D eigenvalue weighted by atomic mass is 16.5. The summed E-state index contributed by atoms with van der Waals surface area (Å²) in [6.45, 7) is 5.21. The van der Waals surface area contributed by atoms with E-state index in [1.54, 1.807) is 0 Å². The molecule has 17 heavy (non-hydrogen) atoms. The molecule has 2 nitrogen and oxygen atoms in total. The summed E-state index contributed by atoms with van der Waals surface area (Å²) >= 11 is 0. The molecule has 2 aliphatic heterocycles. The lowest BCUT2D eigenvalue weighted by molar-refractivity contribution is -0.0590. The maximum atomic E-state index is 6.14. The Bertz CT molecular complexity index is 407. The summed E-state index contributed by atoms with van der Waals surface area (Å²) in [5.74, 6) is 0. The van der Waals surface area contributed by atoms with Crippen LogP contribution in [0.15, 0.2) is 18.2 Å². The van der Waals surface area contributed by atoms with Gasteiger partial charge in [0.15, 0.2) is 0 Å². The summed E-state index contributed by atoms with van der Waals surface area (Å²) in [7, 11) is 0. The largest absolute Gasteiger partial charge is 0.365 e. The molecule has 1 aromatic carbocycles. The minimum Gasteiger partial charge on any atom is -0.365 e. The van der Waals surface area contributed by atoms with Gasteiger partial charge in [0.2, 0.25) is 0 Å². The van der Waals surface area contributed by atoms with Crippen molar-refractivity contribution in [2.75, 3.05) is 13.1 Å². The second-order valence-electron chi connectivity index (χ2n) is 5.27. The van der Waals surface area contributed by atoms with Crippen molar-refractivity contribution in [2.24, 2.45) is 0 Å². The van der Waals surface area contributed by atoms with Crippen molar-refractivity contribution in [1.82, 2.24) is 5.32 Å². The third kappa shape index (κ3) is 1.90. The van der Waals surface area contributed by atoms with Gasteiger partial charge in [0.25, 0.3) is 0 Å². The monoisotopic (exact) mass is 231 g/mol. The van der Waals surface area contributed by atoms with Gasteiger partial charge in [-0.05, 0) is 49.0 Å². The summed E-state index contributed by atoms with van der Waals surface area (Å²) in [5, 5.41) is 3.42. The van der Waals surface area contributed by atoms with Crippen molar-refractivity contribution in [3.63, 3.8) is 0 Å². The maximum absolute atomic E-state index is 6.14. The van der Waals surface area contributed by atoms with Gasteiger partial charge in [-0.2, -0.15) is 0 Å². The molecule has 1 fully saturated rings. The zero-order valence-electron chi connectivity index (χ0n) is 10.6. The first-order valence-corrected chi connectivity index (χ1v) is 6.81. The van der Waals surface area contributed by atoms with Crippen molar-refractivity contribution in [1.29, 1.82) is 0 Å². The van der Waals surface area contributed by atoms with E-state index in [0.717, 1.165) is 32.5 Å². The number of hydrogen-bond acceptors (Lipinski definition) is 2. The van der Waals surface area contributed by atoms with Gasteiger partial charge in [-0.25, -0.2) is 0 Å². The standard InChI is InChI=1S/C15H21NO/c1-2-3-12-4-5-14-13(10-12)11-17-15(14)6-8-16-9-7-15/h4-5,10,16H,2-3,6-9,11H2,1H3. The summed E-state index contributed by atoms with van der Waals surface area (Å²) in [5.41, 5.74) is 4.38.